The number of aromatic nitrogens is 1. The number of anilines is 3. The third-order valence-electron chi connectivity index (χ3n) is 4.55. The summed E-state index contributed by atoms with van der Waals surface area (Å²) in [6.45, 7) is 2.18. The summed E-state index contributed by atoms with van der Waals surface area (Å²) in [6, 6.07) is 14.0. The fourth-order valence-electron chi connectivity index (χ4n) is 2.99. The number of rotatable bonds is 10. The second-order valence-corrected chi connectivity index (χ2v) is 7.82. The number of nitrogens with zero attached hydrogens (tertiary/aromatic N) is 1. The molecule has 0 atom stereocenters. The normalized spacial score (nSPS) is 10.7. The van der Waals surface area contributed by atoms with E-state index in [9.17, 15) is 9.18 Å². The largest absolute Gasteiger partial charge is 0.331 e. The summed E-state index contributed by atoms with van der Waals surface area (Å²) >= 11 is 1.46. The van der Waals surface area contributed by atoms with Gasteiger partial charge in [-0.05, 0) is 36.8 Å². The van der Waals surface area contributed by atoms with Crippen LogP contribution in [0.4, 0.5) is 20.9 Å². The molecule has 0 saturated carbocycles. The molecule has 3 aromatic rings. The molecule has 2 aromatic carbocycles. The van der Waals surface area contributed by atoms with Gasteiger partial charge >= 0.3 is 0 Å². The van der Waals surface area contributed by atoms with Gasteiger partial charge in [-0.1, -0.05) is 50.8 Å². The number of halogens is 1. The molecule has 0 unspecified atom stereocenters. The summed E-state index contributed by atoms with van der Waals surface area (Å²) in [4.78, 5) is 16.6. The molecule has 0 bridgehead atoms. The number of carbonyl (C=O) groups is 1. The van der Waals surface area contributed by atoms with Gasteiger partial charge in [0.15, 0.2) is 5.13 Å². The van der Waals surface area contributed by atoms with Crippen LogP contribution in [0.3, 0.4) is 0 Å². The van der Waals surface area contributed by atoms with Gasteiger partial charge in [-0.2, -0.15) is 0 Å². The van der Waals surface area contributed by atoms with Gasteiger partial charge in [0, 0.05) is 28.7 Å². The second-order valence-electron chi connectivity index (χ2n) is 6.96. The van der Waals surface area contributed by atoms with Crippen molar-refractivity contribution in [3.8, 4) is 11.3 Å². The topological polar surface area (TPSA) is 54.0 Å². The molecule has 2 N–H and O–H groups in total. The molecule has 1 amide bonds. The number of nitrogens with one attached hydrogen (secondary N) is 2. The molecule has 0 radical (unpaired) electrons. The summed E-state index contributed by atoms with van der Waals surface area (Å²) in [5.74, 6) is -0.227. The fraction of sp³-hybridized carbons (Fsp3) is 0.304. The zero-order chi connectivity index (χ0) is 20.5. The Bertz CT molecular complexity index is 924. The van der Waals surface area contributed by atoms with Crippen molar-refractivity contribution >= 4 is 33.8 Å². The van der Waals surface area contributed by atoms with Crippen molar-refractivity contribution in [1.82, 2.24) is 4.98 Å². The SMILES string of the molecule is CCCCCCCC(=O)Nc1ccc(-c2csc(Nc3cccc(F)c3)n2)cc1. The van der Waals surface area contributed by atoms with Gasteiger partial charge in [0.1, 0.15) is 5.82 Å². The van der Waals surface area contributed by atoms with E-state index in [1.807, 2.05) is 29.6 Å². The molecule has 3 rings (SSSR count). The van der Waals surface area contributed by atoms with Crippen molar-refractivity contribution in [2.75, 3.05) is 10.6 Å². The predicted molar refractivity (Wildman–Crippen MR) is 119 cm³/mol. The Labute approximate surface area is 175 Å². The van der Waals surface area contributed by atoms with E-state index in [1.165, 1.54) is 42.7 Å². The number of unbranched alkanes of at least 4 members (excludes halogenated alkanes) is 4. The maximum Gasteiger partial charge on any atom is 0.224 e. The van der Waals surface area contributed by atoms with Gasteiger partial charge in [-0.3, -0.25) is 4.79 Å². The van der Waals surface area contributed by atoms with E-state index in [2.05, 4.69) is 22.5 Å². The van der Waals surface area contributed by atoms with E-state index in [-0.39, 0.29) is 11.7 Å². The number of benzene rings is 2. The number of hydrogen-bond acceptors (Lipinski definition) is 4. The van der Waals surface area contributed by atoms with Crippen LogP contribution in [-0.4, -0.2) is 10.9 Å². The molecule has 29 heavy (non-hydrogen) atoms. The Kier molecular flexibility index (Phi) is 7.76. The molecule has 0 spiro atoms. The number of carbonyl (C=O) groups excluding carboxylic acids is 1. The molecule has 1 heterocycles. The van der Waals surface area contributed by atoms with Crippen LogP contribution in [0.15, 0.2) is 53.9 Å². The Morgan fingerprint density at radius 2 is 1.83 bits per heavy atom. The Balaban J connectivity index is 1.52. The molecule has 0 aliphatic carbocycles. The van der Waals surface area contributed by atoms with Gasteiger partial charge in [0.25, 0.3) is 0 Å². The quantitative estimate of drug-likeness (QED) is 0.353. The van der Waals surface area contributed by atoms with Crippen molar-refractivity contribution in [2.45, 2.75) is 45.4 Å². The van der Waals surface area contributed by atoms with E-state index in [4.69, 9.17) is 0 Å². The van der Waals surface area contributed by atoms with Crippen LogP contribution in [0.2, 0.25) is 0 Å². The molecular weight excluding hydrogens is 385 g/mol. The third-order valence-corrected chi connectivity index (χ3v) is 5.31. The van der Waals surface area contributed by atoms with Crippen LogP contribution >= 0.6 is 11.3 Å². The summed E-state index contributed by atoms with van der Waals surface area (Å²) in [5.41, 5.74) is 3.26. The summed E-state index contributed by atoms with van der Waals surface area (Å²) in [6.07, 6.45) is 6.24. The summed E-state index contributed by atoms with van der Waals surface area (Å²) < 4.78 is 13.3. The Hall–Kier alpha value is -2.73. The first-order chi connectivity index (χ1) is 14.1. The average molecular weight is 412 g/mol. The van der Waals surface area contributed by atoms with Crippen LogP contribution in [0.1, 0.15) is 45.4 Å². The maximum absolute atomic E-state index is 13.3. The molecule has 4 nitrogen and oxygen atoms in total. The van der Waals surface area contributed by atoms with E-state index < -0.39 is 0 Å². The molecule has 0 aliphatic heterocycles. The zero-order valence-electron chi connectivity index (χ0n) is 16.6. The lowest BCUT2D eigenvalue weighted by Gasteiger charge is -2.06. The van der Waals surface area contributed by atoms with Crippen molar-refractivity contribution in [1.29, 1.82) is 0 Å². The fourth-order valence-corrected chi connectivity index (χ4v) is 3.73. The number of amides is 1. The Morgan fingerprint density at radius 1 is 1.03 bits per heavy atom. The maximum atomic E-state index is 13.3. The van der Waals surface area contributed by atoms with Gasteiger partial charge in [-0.25, -0.2) is 9.37 Å². The van der Waals surface area contributed by atoms with E-state index in [0.29, 0.717) is 17.2 Å². The molecule has 1 aromatic heterocycles. The second kappa shape index (κ2) is 10.7. The standard InChI is InChI=1S/C23H26FN3OS/c1-2-3-4-5-6-10-22(28)25-19-13-11-17(12-14-19)21-16-29-23(27-21)26-20-9-7-8-18(24)15-20/h7-9,11-16H,2-6,10H2,1H3,(H,25,28)(H,26,27). The molecule has 152 valence electrons. The first kappa shape index (κ1) is 21.0. The van der Waals surface area contributed by atoms with Crippen molar-refractivity contribution in [3.63, 3.8) is 0 Å². The summed E-state index contributed by atoms with van der Waals surface area (Å²) in [5, 5.41) is 8.71. The van der Waals surface area contributed by atoms with Crippen molar-refractivity contribution in [3.05, 3.63) is 59.7 Å². The van der Waals surface area contributed by atoms with Gasteiger partial charge in [-0.15, -0.1) is 11.3 Å². The molecule has 0 aliphatic rings. The van der Waals surface area contributed by atoms with Crippen molar-refractivity contribution < 1.29 is 9.18 Å². The lowest BCUT2D eigenvalue weighted by molar-refractivity contribution is -0.116. The average Bonchev–Trinajstić information content (AvgIpc) is 3.17. The van der Waals surface area contributed by atoms with Gasteiger partial charge in [0.05, 0.1) is 5.69 Å². The highest BCUT2D eigenvalue weighted by Crippen LogP contribution is 2.28. The van der Waals surface area contributed by atoms with Crippen LogP contribution in [0.5, 0.6) is 0 Å². The minimum atomic E-state index is -0.287. The smallest absolute Gasteiger partial charge is 0.224 e. The molecule has 0 saturated heterocycles. The minimum absolute atomic E-state index is 0.0597. The van der Waals surface area contributed by atoms with Crippen LogP contribution < -0.4 is 10.6 Å². The van der Waals surface area contributed by atoms with Gasteiger partial charge in [0.2, 0.25) is 5.91 Å². The lowest BCUT2D eigenvalue weighted by atomic mass is 10.1. The summed E-state index contributed by atoms with van der Waals surface area (Å²) in [7, 11) is 0. The van der Waals surface area contributed by atoms with E-state index in [0.717, 1.165) is 29.8 Å². The number of thiazole rings is 1. The minimum Gasteiger partial charge on any atom is -0.331 e. The van der Waals surface area contributed by atoms with Crippen LogP contribution in [0.25, 0.3) is 11.3 Å². The first-order valence-electron chi connectivity index (χ1n) is 10.0. The highest BCUT2D eigenvalue weighted by molar-refractivity contribution is 7.14. The Morgan fingerprint density at radius 3 is 2.59 bits per heavy atom. The first-order valence-corrected chi connectivity index (χ1v) is 10.9. The van der Waals surface area contributed by atoms with E-state index in [1.54, 1.807) is 12.1 Å². The number of hydrogen-bond donors (Lipinski definition) is 2. The van der Waals surface area contributed by atoms with Gasteiger partial charge < -0.3 is 10.6 Å². The molecule has 0 fully saturated rings. The molecule has 6 heteroatoms. The highest BCUT2D eigenvalue weighted by atomic mass is 32.1. The van der Waals surface area contributed by atoms with Crippen LogP contribution in [0, 0.1) is 5.82 Å². The molecular formula is C23H26FN3OS. The third kappa shape index (κ3) is 6.68. The predicted octanol–water partition coefficient (Wildman–Crippen LogP) is 6.99. The highest BCUT2D eigenvalue weighted by Gasteiger charge is 2.07. The van der Waals surface area contributed by atoms with Crippen LogP contribution in [-0.2, 0) is 4.79 Å². The lowest BCUT2D eigenvalue weighted by Crippen LogP contribution is -2.10. The zero-order valence-corrected chi connectivity index (χ0v) is 17.4. The van der Waals surface area contributed by atoms with E-state index >= 15 is 0 Å². The monoisotopic (exact) mass is 411 g/mol. The van der Waals surface area contributed by atoms with Crippen molar-refractivity contribution in [2.24, 2.45) is 0 Å².